The molecule has 1 amide bonds. The Hall–Kier alpha value is -3.13. The number of sulfonamides is 1. The van der Waals surface area contributed by atoms with Gasteiger partial charge in [0.2, 0.25) is 10.0 Å². The van der Waals surface area contributed by atoms with Crippen molar-refractivity contribution in [2.75, 3.05) is 16.3 Å². The van der Waals surface area contributed by atoms with E-state index in [0.717, 1.165) is 23.3 Å². The molecule has 8 heteroatoms. The van der Waals surface area contributed by atoms with Crippen LogP contribution in [0.5, 0.6) is 0 Å². The third-order valence-corrected chi connectivity index (χ3v) is 4.42. The van der Waals surface area contributed by atoms with Crippen LogP contribution in [0, 0.1) is 13.8 Å². The lowest BCUT2D eigenvalue weighted by molar-refractivity contribution is 0.102. The van der Waals surface area contributed by atoms with E-state index in [1.165, 1.54) is 6.07 Å². The fraction of sp³-hybridized carbons (Fsp3) is 0.158. The Bertz CT molecular complexity index is 1100. The van der Waals surface area contributed by atoms with Crippen molar-refractivity contribution in [1.82, 2.24) is 9.78 Å². The summed E-state index contributed by atoms with van der Waals surface area (Å²) in [7, 11) is -3.42. The number of carbonyl (C=O) groups is 1. The maximum Gasteiger partial charge on any atom is 0.255 e. The minimum atomic E-state index is -3.42. The number of nitrogens with zero attached hydrogens (tertiary/aromatic N) is 2. The zero-order valence-electron chi connectivity index (χ0n) is 15.2. The molecular weight excluding hydrogens is 364 g/mol. The summed E-state index contributed by atoms with van der Waals surface area (Å²) in [6.45, 7) is 3.85. The van der Waals surface area contributed by atoms with Gasteiger partial charge in [0.25, 0.3) is 5.91 Å². The van der Waals surface area contributed by atoms with Crippen LogP contribution in [0.1, 0.15) is 21.7 Å². The Morgan fingerprint density at radius 1 is 1.04 bits per heavy atom. The summed E-state index contributed by atoms with van der Waals surface area (Å²) < 4.78 is 26.9. The molecule has 0 saturated heterocycles. The molecule has 140 valence electrons. The first-order valence-electron chi connectivity index (χ1n) is 8.25. The van der Waals surface area contributed by atoms with Crippen LogP contribution in [0.2, 0.25) is 0 Å². The minimum Gasteiger partial charge on any atom is -0.320 e. The fourth-order valence-electron chi connectivity index (χ4n) is 2.77. The summed E-state index contributed by atoms with van der Waals surface area (Å²) in [6, 6.07) is 15.6. The van der Waals surface area contributed by atoms with Gasteiger partial charge in [0.05, 0.1) is 23.3 Å². The molecule has 1 heterocycles. The zero-order valence-corrected chi connectivity index (χ0v) is 16.0. The van der Waals surface area contributed by atoms with Gasteiger partial charge >= 0.3 is 0 Å². The van der Waals surface area contributed by atoms with E-state index in [4.69, 9.17) is 0 Å². The molecule has 2 N–H and O–H groups in total. The second kappa shape index (κ2) is 7.24. The molecule has 27 heavy (non-hydrogen) atoms. The molecule has 3 rings (SSSR count). The Labute approximate surface area is 158 Å². The van der Waals surface area contributed by atoms with Gasteiger partial charge in [-0.25, -0.2) is 13.1 Å². The molecule has 0 spiro atoms. The maximum atomic E-state index is 12.7. The van der Waals surface area contributed by atoms with Crippen LogP contribution >= 0.6 is 0 Å². The van der Waals surface area contributed by atoms with Crippen LogP contribution < -0.4 is 10.0 Å². The third-order valence-electron chi connectivity index (χ3n) is 3.82. The molecule has 0 radical (unpaired) electrons. The average molecular weight is 384 g/mol. The summed E-state index contributed by atoms with van der Waals surface area (Å²) >= 11 is 0. The van der Waals surface area contributed by atoms with Crippen molar-refractivity contribution in [1.29, 1.82) is 0 Å². The van der Waals surface area contributed by atoms with Crippen LogP contribution in [0.25, 0.3) is 5.69 Å². The first-order valence-corrected chi connectivity index (χ1v) is 10.1. The number of benzene rings is 2. The second-order valence-corrected chi connectivity index (χ2v) is 8.01. The van der Waals surface area contributed by atoms with Crippen molar-refractivity contribution in [3.8, 4) is 5.69 Å². The second-order valence-electron chi connectivity index (χ2n) is 6.27. The predicted octanol–water partition coefficient (Wildman–Crippen LogP) is 3.11. The molecule has 7 nitrogen and oxygen atoms in total. The highest BCUT2D eigenvalue weighted by molar-refractivity contribution is 7.92. The lowest BCUT2D eigenvalue weighted by atomic mass is 10.2. The van der Waals surface area contributed by atoms with E-state index < -0.39 is 10.0 Å². The molecule has 0 atom stereocenters. The van der Waals surface area contributed by atoms with Gasteiger partial charge in [-0.05, 0) is 50.2 Å². The van der Waals surface area contributed by atoms with Crippen LogP contribution in [-0.4, -0.2) is 30.4 Å². The van der Waals surface area contributed by atoms with E-state index in [-0.39, 0.29) is 5.91 Å². The number of aromatic nitrogens is 2. The molecule has 0 fully saturated rings. The van der Waals surface area contributed by atoms with E-state index in [2.05, 4.69) is 15.1 Å². The lowest BCUT2D eigenvalue weighted by Crippen LogP contribution is -2.15. The van der Waals surface area contributed by atoms with E-state index >= 15 is 0 Å². The standard InChI is InChI=1S/C19H20N4O3S/c1-13-11-14(2)23(21-13)18-10-5-4-9-17(18)20-19(24)15-7-6-8-16(12-15)22-27(3,25)26/h4-12,22H,1-3H3,(H,20,24). The Morgan fingerprint density at radius 2 is 1.78 bits per heavy atom. The highest BCUT2D eigenvalue weighted by Gasteiger charge is 2.13. The maximum absolute atomic E-state index is 12.7. The van der Waals surface area contributed by atoms with Gasteiger partial charge in [-0.15, -0.1) is 0 Å². The molecule has 2 aromatic carbocycles. The quantitative estimate of drug-likeness (QED) is 0.707. The van der Waals surface area contributed by atoms with Crippen molar-refractivity contribution in [2.24, 2.45) is 0 Å². The zero-order chi connectivity index (χ0) is 19.6. The topological polar surface area (TPSA) is 93.1 Å². The summed E-state index contributed by atoms with van der Waals surface area (Å²) in [6.07, 6.45) is 1.06. The summed E-state index contributed by atoms with van der Waals surface area (Å²) in [5.41, 5.74) is 3.86. The molecule has 0 aliphatic rings. The van der Waals surface area contributed by atoms with E-state index in [1.54, 1.807) is 28.9 Å². The van der Waals surface area contributed by atoms with Crippen LogP contribution in [-0.2, 0) is 10.0 Å². The minimum absolute atomic E-state index is 0.331. The number of hydrogen-bond acceptors (Lipinski definition) is 4. The van der Waals surface area contributed by atoms with E-state index in [9.17, 15) is 13.2 Å². The first kappa shape index (κ1) is 18.7. The van der Waals surface area contributed by atoms with Gasteiger partial charge < -0.3 is 5.32 Å². The summed E-state index contributed by atoms with van der Waals surface area (Å²) in [5.74, 6) is -0.346. The van der Waals surface area contributed by atoms with Crippen molar-refractivity contribution in [3.05, 3.63) is 71.5 Å². The van der Waals surface area contributed by atoms with Gasteiger partial charge in [-0.2, -0.15) is 5.10 Å². The Balaban J connectivity index is 1.90. The molecule has 0 saturated carbocycles. The molecular formula is C19H20N4O3S. The van der Waals surface area contributed by atoms with Crippen LogP contribution in [0.15, 0.2) is 54.6 Å². The lowest BCUT2D eigenvalue weighted by Gasteiger charge is -2.13. The molecule has 0 aliphatic heterocycles. The van der Waals surface area contributed by atoms with Crippen molar-refractivity contribution in [2.45, 2.75) is 13.8 Å². The Morgan fingerprint density at radius 3 is 2.44 bits per heavy atom. The normalized spacial score (nSPS) is 11.2. The molecule has 0 aliphatic carbocycles. The molecule has 0 unspecified atom stereocenters. The highest BCUT2D eigenvalue weighted by Crippen LogP contribution is 2.23. The van der Waals surface area contributed by atoms with Gasteiger partial charge in [0.1, 0.15) is 0 Å². The van der Waals surface area contributed by atoms with Crippen LogP contribution in [0.3, 0.4) is 0 Å². The fourth-order valence-corrected chi connectivity index (χ4v) is 3.32. The summed E-state index contributed by atoms with van der Waals surface area (Å²) in [5, 5.41) is 7.34. The van der Waals surface area contributed by atoms with Crippen LogP contribution in [0.4, 0.5) is 11.4 Å². The number of nitrogens with one attached hydrogen (secondary N) is 2. The van der Waals surface area contributed by atoms with Gasteiger partial charge in [-0.3, -0.25) is 9.52 Å². The van der Waals surface area contributed by atoms with E-state index in [0.29, 0.717) is 16.9 Å². The van der Waals surface area contributed by atoms with E-state index in [1.807, 2.05) is 38.1 Å². The van der Waals surface area contributed by atoms with Crippen molar-refractivity contribution < 1.29 is 13.2 Å². The number of rotatable bonds is 5. The van der Waals surface area contributed by atoms with Crippen molar-refractivity contribution >= 4 is 27.3 Å². The number of hydrogen-bond donors (Lipinski definition) is 2. The largest absolute Gasteiger partial charge is 0.320 e. The number of aryl methyl sites for hydroxylation is 2. The first-order chi connectivity index (χ1) is 12.7. The van der Waals surface area contributed by atoms with Gasteiger partial charge in [0, 0.05) is 16.9 Å². The highest BCUT2D eigenvalue weighted by atomic mass is 32.2. The number of para-hydroxylation sites is 2. The van der Waals surface area contributed by atoms with Gasteiger partial charge in [-0.1, -0.05) is 18.2 Å². The predicted molar refractivity (Wildman–Crippen MR) is 106 cm³/mol. The molecule has 1 aromatic heterocycles. The number of anilines is 2. The Kier molecular flexibility index (Phi) is 5.00. The monoisotopic (exact) mass is 384 g/mol. The number of amides is 1. The van der Waals surface area contributed by atoms with Gasteiger partial charge in [0.15, 0.2) is 0 Å². The SMILES string of the molecule is Cc1cc(C)n(-c2ccccc2NC(=O)c2cccc(NS(C)(=O)=O)c2)n1. The smallest absolute Gasteiger partial charge is 0.255 e. The summed E-state index contributed by atoms with van der Waals surface area (Å²) in [4.78, 5) is 12.7. The van der Waals surface area contributed by atoms with Crippen molar-refractivity contribution in [3.63, 3.8) is 0 Å². The molecule has 3 aromatic rings. The number of carbonyl (C=O) groups excluding carboxylic acids is 1. The molecule has 0 bridgehead atoms. The third kappa shape index (κ3) is 4.53. The average Bonchev–Trinajstić information content (AvgIpc) is 2.92.